The Kier molecular flexibility index (Phi) is 3.74. The Labute approximate surface area is 139 Å². The Hall–Kier alpha value is -1.31. The zero-order valence-electron chi connectivity index (χ0n) is 14.4. The van der Waals surface area contributed by atoms with E-state index >= 15 is 0 Å². The summed E-state index contributed by atoms with van der Waals surface area (Å²) in [4.78, 5) is 12.6. The highest BCUT2D eigenvalue weighted by molar-refractivity contribution is 5.87. The number of hydrogen-bond acceptors (Lipinski definition) is 2. The van der Waals surface area contributed by atoms with Gasteiger partial charge in [-0.25, -0.2) is 0 Å². The van der Waals surface area contributed by atoms with Crippen molar-refractivity contribution in [1.82, 2.24) is 0 Å². The number of hydrogen-bond donors (Lipinski definition) is 0. The monoisotopic (exact) mass is 312 g/mol. The molecule has 0 unspecified atom stereocenters. The van der Waals surface area contributed by atoms with Gasteiger partial charge >= 0.3 is 0 Å². The van der Waals surface area contributed by atoms with E-state index in [-0.39, 0.29) is 5.41 Å². The van der Waals surface area contributed by atoms with Gasteiger partial charge in [-0.1, -0.05) is 13.0 Å². The van der Waals surface area contributed by atoms with Crippen molar-refractivity contribution in [2.75, 3.05) is 6.61 Å². The van der Waals surface area contributed by atoms with Crippen LogP contribution in [0.15, 0.2) is 18.2 Å². The fraction of sp³-hybridized carbons (Fsp3) is 0.667. The minimum Gasteiger partial charge on any atom is -0.494 e. The number of ketones is 1. The number of aryl methyl sites for hydroxylation is 1. The molecule has 0 bridgehead atoms. The quantitative estimate of drug-likeness (QED) is 0.793. The molecule has 0 aliphatic heterocycles. The largest absolute Gasteiger partial charge is 0.494 e. The molecule has 4 rings (SSSR count). The second kappa shape index (κ2) is 5.65. The van der Waals surface area contributed by atoms with Crippen LogP contribution in [0.2, 0.25) is 0 Å². The molecule has 4 atom stereocenters. The predicted octanol–water partition coefficient (Wildman–Crippen LogP) is 4.90. The minimum atomic E-state index is 0.0240. The zero-order valence-corrected chi connectivity index (χ0v) is 14.4. The summed E-state index contributed by atoms with van der Waals surface area (Å²) in [7, 11) is 0. The van der Waals surface area contributed by atoms with E-state index in [1.807, 2.05) is 6.92 Å². The molecule has 0 heterocycles. The Morgan fingerprint density at radius 2 is 2.04 bits per heavy atom. The number of ether oxygens (including phenoxy) is 1. The SMILES string of the molecule is CCOc1ccc2c(c1)[C@H]1CC[C@]3(CC)C(=O)CC[C@H]3[C@@H]1CC2. The summed E-state index contributed by atoms with van der Waals surface area (Å²) in [6.45, 7) is 5.01. The van der Waals surface area contributed by atoms with Gasteiger partial charge in [0.25, 0.3) is 0 Å². The number of fused-ring (bicyclic) bond motifs is 5. The molecule has 3 aliphatic rings. The van der Waals surface area contributed by atoms with E-state index in [1.165, 1.54) is 30.4 Å². The first-order valence-corrected chi connectivity index (χ1v) is 9.48. The van der Waals surface area contributed by atoms with Crippen molar-refractivity contribution in [3.8, 4) is 5.75 Å². The summed E-state index contributed by atoms with van der Waals surface area (Å²) in [6, 6.07) is 6.70. The van der Waals surface area contributed by atoms with Crippen LogP contribution < -0.4 is 4.74 Å². The molecule has 0 spiro atoms. The van der Waals surface area contributed by atoms with Gasteiger partial charge in [0.2, 0.25) is 0 Å². The van der Waals surface area contributed by atoms with Crippen molar-refractivity contribution in [3.05, 3.63) is 29.3 Å². The second-order valence-electron chi connectivity index (χ2n) is 7.72. The molecule has 1 aromatic rings. The van der Waals surface area contributed by atoms with Gasteiger partial charge in [-0.3, -0.25) is 4.79 Å². The molecule has 3 aliphatic carbocycles. The first kappa shape index (κ1) is 15.2. The van der Waals surface area contributed by atoms with Crippen molar-refractivity contribution in [1.29, 1.82) is 0 Å². The van der Waals surface area contributed by atoms with Crippen LogP contribution in [-0.2, 0) is 11.2 Å². The van der Waals surface area contributed by atoms with Crippen LogP contribution in [0, 0.1) is 17.3 Å². The molecule has 23 heavy (non-hydrogen) atoms. The topological polar surface area (TPSA) is 26.3 Å². The van der Waals surface area contributed by atoms with Crippen molar-refractivity contribution in [3.63, 3.8) is 0 Å². The molecular formula is C21H28O2. The summed E-state index contributed by atoms with van der Waals surface area (Å²) in [5.74, 6) is 3.57. The number of benzene rings is 1. The fourth-order valence-corrected chi connectivity index (χ4v) is 6.02. The fourth-order valence-electron chi connectivity index (χ4n) is 6.02. The van der Waals surface area contributed by atoms with Gasteiger partial charge in [-0.15, -0.1) is 0 Å². The summed E-state index contributed by atoms with van der Waals surface area (Å²) >= 11 is 0. The highest BCUT2D eigenvalue weighted by atomic mass is 16.5. The Morgan fingerprint density at radius 1 is 1.17 bits per heavy atom. The van der Waals surface area contributed by atoms with Crippen LogP contribution in [-0.4, -0.2) is 12.4 Å². The van der Waals surface area contributed by atoms with E-state index in [0.717, 1.165) is 38.0 Å². The van der Waals surface area contributed by atoms with Gasteiger partial charge in [0.05, 0.1) is 6.61 Å². The van der Waals surface area contributed by atoms with Gasteiger partial charge in [-0.05, 0) is 86.5 Å². The van der Waals surface area contributed by atoms with Crippen LogP contribution in [0.25, 0.3) is 0 Å². The third kappa shape index (κ3) is 2.17. The van der Waals surface area contributed by atoms with Crippen LogP contribution >= 0.6 is 0 Å². The standard InChI is InChI=1S/C21H28O2/c1-3-21-12-11-16-17(19(21)9-10-20(21)22)8-6-14-5-7-15(23-4-2)13-18(14)16/h5,7,13,16-17,19H,3-4,6,8-12H2,1-2H3/t16-,17+,19-,21-/m0/s1. The van der Waals surface area contributed by atoms with E-state index < -0.39 is 0 Å². The van der Waals surface area contributed by atoms with Crippen molar-refractivity contribution >= 4 is 5.78 Å². The average molecular weight is 312 g/mol. The lowest BCUT2D eigenvalue weighted by atomic mass is 9.54. The average Bonchev–Trinajstić information content (AvgIpc) is 2.92. The van der Waals surface area contributed by atoms with Gasteiger partial charge < -0.3 is 4.74 Å². The molecule has 0 amide bonds. The molecular weight excluding hydrogens is 284 g/mol. The highest BCUT2D eigenvalue weighted by Crippen LogP contribution is 2.61. The Bertz CT molecular complexity index is 620. The molecule has 0 aromatic heterocycles. The Morgan fingerprint density at radius 3 is 2.83 bits per heavy atom. The zero-order chi connectivity index (χ0) is 16.0. The highest BCUT2D eigenvalue weighted by Gasteiger charge is 2.56. The maximum absolute atomic E-state index is 12.6. The summed E-state index contributed by atoms with van der Waals surface area (Å²) < 4.78 is 5.74. The lowest BCUT2D eigenvalue weighted by Crippen LogP contribution is -2.44. The molecule has 2 nitrogen and oxygen atoms in total. The lowest BCUT2D eigenvalue weighted by molar-refractivity contribution is -0.131. The number of rotatable bonds is 3. The molecule has 2 fully saturated rings. The van der Waals surface area contributed by atoms with E-state index in [1.54, 1.807) is 0 Å². The van der Waals surface area contributed by atoms with Crippen molar-refractivity contribution in [2.24, 2.45) is 17.3 Å². The van der Waals surface area contributed by atoms with Crippen LogP contribution in [0.3, 0.4) is 0 Å². The molecule has 124 valence electrons. The Balaban J connectivity index is 1.69. The summed E-state index contributed by atoms with van der Waals surface area (Å²) in [6.07, 6.45) is 7.74. The maximum Gasteiger partial charge on any atom is 0.139 e. The normalized spacial score (nSPS) is 35.4. The summed E-state index contributed by atoms with van der Waals surface area (Å²) in [5.41, 5.74) is 3.07. The lowest BCUT2D eigenvalue weighted by Gasteiger charge is -2.49. The molecule has 0 radical (unpaired) electrons. The minimum absolute atomic E-state index is 0.0240. The first-order valence-electron chi connectivity index (χ1n) is 9.48. The van der Waals surface area contributed by atoms with Gasteiger partial charge in [-0.2, -0.15) is 0 Å². The second-order valence-corrected chi connectivity index (χ2v) is 7.72. The summed E-state index contributed by atoms with van der Waals surface area (Å²) in [5, 5.41) is 0. The van der Waals surface area contributed by atoms with Crippen LogP contribution in [0.4, 0.5) is 0 Å². The van der Waals surface area contributed by atoms with Crippen molar-refractivity contribution < 1.29 is 9.53 Å². The maximum atomic E-state index is 12.6. The predicted molar refractivity (Wildman–Crippen MR) is 91.9 cm³/mol. The van der Waals surface area contributed by atoms with Crippen LogP contribution in [0.1, 0.15) is 69.4 Å². The molecule has 0 saturated heterocycles. The smallest absolute Gasteiger partial charge is 0.139 e. The van der Waals surface area contributed by atoms with E-state index in [9.17, 15) is 4.79 Å². The van der Waals surface area contributed by atoms with Gasteiger partial charge in [0, 0.05) is 11.8 Å². The van der Waals surface area contributed by atoms with E-state index in [4.69, 9.17) is 4.74 Å². The van der Waals surface area contributed by atoms with Gasteiger partial charge in [0.15, 0.2) is 0 Å². The first-order chi connectivity index (χ1) is 11.2. The third-order valence-electron chi connectivity index (χ3n) is 7.09. The number of Topliss-reactive ketones (excluding diaryl/α,β-unsaturated/α-hetero) is 1. The molecule has 2 heteroatoms. The number of carbonyl (C=O) groups is 1. The van der Waals surface area contributed by atoms with Crippen LogP contribution in [0.5, 0.6) is 5.75 Å². The number of carbonyl (C=O) groups excluding carboxylic acids is 1. The van der Waals surface area contributed by atoms with E-state index in [2.05, 4.69) is 25.1 Å². The van der Waals surface area contributed by atoms with Crippen molar-refractivity contribution in [2.45, 2.75) is 64.7 Å². The molecule has 0 N–H and O–H groups in total. The van der Waals surface area contributed by atoms with Gasteiger partial charge in [0.1, 0.15) is 11.5 Å². The molecule has 2 saturated carbocycles. The third-order valence-corrected chi connectivity index (χ3v) is 7.09. The molecule has 1 aromatic carbocycles. The van der Waals surface area contributed by atoms with E-state index in [0.29, 0.717) is 23.5 Å².